The van der Waals surface area contributed by atoms with Crippen LogP contribution in [0.5, 0.6) is 0 Å². The van der Waals surface area contributed by atoms with E-state index in [9.17, 15) is 14.7 Å². The van der Waals surface area contributed by atoms with Crippen molar-refractivity contribution in [3.8, 4) is 0 Å². The molecule has 2 aromatic rings. The molecule has 2 amide bonds. The molecule has 1 aliphatic carbocycles. The molecule has 2 aromatic heterocycles. The summed E-state index contributed by atoms with van der Waals surface area (Å²) in [4.78, 5) is 25.1. The van der Waals surface area contributed by atoms with Crippen LogP contribution in [0.2, 0.25) is 0 Å². The Morgan fingerprint density at radius 1 is 1.29 bits per heavy atom. The van der Waals surface area contributed by atoms with Gasteiger partial charge >= 0.3 is 0 Å². The van der Waals surface area contributed by atoms with Gasteiger partial charge in [0.05, 0.1) is 30.1 Å². The summed E-state index contributed by atoms with van der Waals surface area (Å²) in [7, 11) is 0. The van der Waals surface area contributed by atoms with E-state index in [-0.39, 0.29) is 24.3 Å². The van der Waals surface area contributed by atoms with Gasteiger partial charge in [0.1, 0.15) is 5.69 Å². The summed E-state index contributed by atoms with van der Waals surface area (Å²) in [6, 6.07) is 3.01. The Kier molecular flexibility index (Phi) is 6.13. The van der Waals surface area contributed by atoms with Crippen molar-refractivity contribution in [3.05, 3.63) is 35.0 Å². The Morgan fingerprint density at radius 2 is 2.07 bits per heavy atom. The molecule has 0 aliphatic heterocycles. The number of hydrogen-bond donors (Lipinski definition) is 3. The second-order valence-corrected chi connectivity index (χ2v) is 7.30. The first-order chi connectivity index (χ1) is 13.4. The largest absolute Gasteiger partial charge is 0.391 e. The fourth-order valence-electron chi connectivity index (χ4n) is 3.58. The van der Waals surface area contributed by atoms with Gasteiger partial charge in [0, 0.05) is 18.5 Å². The van der Waals surface area contributed by atoms with Crippen molar-refractivity contribution in [2.75, 3.05) is 0 Å². The number of nitrogens with zero attached hydrogens (tertiary/aromatic N) is 3. The minimum Gasteiger partial charge on any atom is -0.391 e. The van der Waals surface area contributed by atoms with Gasteiger partial charge in [-0.1, -0.05) is 5.16 Å². The van der Waals surface area contributed by atoms with Gasteiger partial charge in [0.2, 0.25) is 5.91 Å². The summed E-state index contributed by atoms with van der Waals surface area (Å²) in [5.41, 5.74) is 1.98. The van der Waals surface area contributed by atoms with Crippen molar-refractivity contribution < 1.29 is 19.2 Å². The summed E-state index contributed by atoms with van der Waals surface area (Å²) in [6.45, 7) is 6.40. The third kappa shape index (κ3) is 4.59. The fourth-order valence-corrected chi connectivity index (χ4v) is 3.58. The van der Waals surface area contributed by atoms with Crippen LogP contribution in [0.4, 0.5) is 0 Å². The van der Waals surface area contributed by atoms with Gasteiger partial charge in [0.25, 0.3) is 5.91 Å². The van der Waals surface area contributed by atoms with Gasteiger partial charge in [-0.2, -0.15) is 5.10 Å². The molecule has 0 spiro atoms. The lowest BCUT2D eigenvalue weighted by Crippen LogP contribution is -2.49. The summed E-state index contributed by atoms with van der Waals surface area (Å²) in [5.74, 6) is -0.0929. The first-order valence-corrected chi connectivity index (χ1v) is 9.60. The normalized spacial score (nSPS) is 22.1. The molecule has 0 bridgehead atoms. The lowest BCUT2D eigenvalue weighted by molar-refractivity contribution is -0.127. The molecule has 1 saturated carbocycles. The van der Waals surface area contributed by atoms with Crippen molar-refractivity contribution in [2.24, 2.45) is 5.92 Å². The molecule has 0 radical (unpaired) electrons. The van der Waals surface area contributed by atoms with Crippen LogP contribution in [0.15, 0.2) is 16.7 Å². The number of carbonyl (C=O) groups is 2. The molecule has 1 aliphatic rings. The number of aryl methyl sites for hydroxylation is 3. The molecule has 1 fully saturated rings. The highest BCUT2D eigenvalue weighted by Gasteiger charge is 2.34. The quantitative estimate of drug-likeness (QED) is 0.680. The molecule has 2 heterocycles. The van der Waals surface area contributed by atoms with Gasteiger partial charge in [-0.25, -0.2) is 0 Å². The second-order valence-electron chi connectivity index (χ2n) is 7.30. The monoisotopic (exact) mass is 389 g/mol. The van der Waals surface area contributed by atoms with E-state index in [0.717, 1.165) is 11.4 Å². The SMILES string of the molecule is CCn1nc(C)cc1C(=O)N[C@@H]1C[C@@H](C(=O)NCc2cc(C)no2)CC[C@H]1O. The van der Waals surface area contributed by atoms with Crippen LogP contribution in [-0.4, -0.2) is 44.0 Å². The first-order valence-electron chi connectivity index (χ1n) is 9.60. The maximum Gasteiger partial charge on any atom is 0.269 e. The van der Waals surface area contributed by atoms with E-state index in [1.807, 2.05) is 20.8 Å². The maximum absolute atomic E-state index is 12.6. The predicted molar refractivity (Wildman–Crippen MR) is 100 cm³/mol. The molecule has 152 valence electrons. The summed E-state index contributed by atoms with van der Waals surface area (Å²) < 4.78 is 6.72. The molecule has 9 heteroatoms. The summed E-state index contributed by atoms with van der Waals surface area (Å²) in [5, 5.41) is 24.1. The van der Waals surface area contributed by atoms with Gasteiger partial charge in [-0.3, -0.25) is 14.3 Å². The molecule has 0 saturated heterocycles. The maximum atomic E-state index is 12.6. The molecule has 9 nitrogen and oxygen atoms in total. The van der Waals surface area contributed by atoms with Gasteiger partial charge in [-0.05, 0) is 46.1 Å². The molecule has 3 rings (SSSR count). The topological polar surface area (TPSA) is 122 Å². The van der Waals surface area contributed by atoms with Crippen molar-refractivity contribution in [2.45, 2.75) is 65.3 Å². The molecular formula is C19H27N5O4. The number of aromatic nitrogens is 3. The standard InChI is InChI=1S/C19H27N5O4/c1-4-24-16(8-11(2)22-24)19(27)21-15-9-13(5-6-17(15)25)18(26)20-10-14-7-12(3)23-28-14/h7-8,13,15,17,25H,4-6,9-10H2,1-3H3,(H,20,26)(H,21,27)/t13-,15+,17+/m0/s1. The van der Waals surface area contributed by atoms with Crippen molar-refractivity contribution in [1.29, 1.82) is 0 Å². The van der Waals surface area contributed by atoms with E-state index in [1.165, 1.54) is 0 Å². The second kappa shape index (κ2) is 8.55. The number of carbonyl (C=O) groups excluding carboxylic acids is 2. The van der Waals surface area contributed by atoms with Gasteiger partial charge in [-0.15, -0.1) is 0 Å². The molecule has 0 unspecified atom stereocenters. The summed E-state index contributed by atoms with van der Waals surface area (Å²) in [6.07, 6.45) is 0.731. The van der Waals surface area contributed by atoms with E-state index >= 15 is 0 Å². The van der Waals surface area contributed by atoms with Crippen molar-refractivity contribution >= 4 is 11.8 Å². The third-order valence-electron chi connectivity index (χ3n) is 5.05. The lowest BCUT2D eigenvalue weighted by Gasteiger charge is -2.33. The van der Waals surface area contributed by atoms with Crippen molar-refractivity contribution in [3.63, 3.8) is 0 Å². The molecule has 0 aromatic carbocycles. The van der Waals surface area contributed by atoms with Crippen LogP contribution in [-0.2, 0) is 17.9 Å². The number of amides is 2. The number of aliphatic hydroxyl groups excluding tert-OH is 1. The highest BCUT2D eigenvalue weighted by molar-refractivity contribution is 5.93. The number of rotatable bonds is 6. The van der Waals surface area contributed by atoms with Crippen LogP contribution in [0.25, 0.3) is 0 Å². The Bertz CT molecular complexity index is 843. The first kappa shape index (κ1) is 20.1. The highest BCUT2D eigenvalue weighted by Crippen LogP contribution is 2.25. The van der Waals surface area contributed by atoms with Crippen LogP contribution in [0.1, 0.15) is 53.8 Å². The Balaban J connectivity index is 1.58. The molecule has 3 atom stereocenters. The van der Waals surface area contributed by atoms with Crippen LogP contribution in [0.3, 0.4) is 0 Å². The Morgan fingerprint density at radius 3 is 2.75 bits per heavy atom. The Labute approximate surface area is 163 Å². The van der Waals surface area contributed by atoms with Gasteiger partial charge < -0.3 is 20.3 Å². The zero-order valence-electron chi connectivity index (χ0n) is 16.4. The predicted octanol–water partition coefficient (Wildman–Crippen LogP) is 1.08. The molecule has 3 N–H and O–H groups in total. The lowest BCUT2D eigenvalue weighted by atomic mass is 9.83. The summed E-state index contributed by atoms with van der Waals surface area (Å²) >= 11 is 0. The highest BCUT2D eigenvalue weighted by atomic mass is 16.5. The number of nitrogens with one attached hydrogen (secondary N) is 2. The van der Waals surface area contributed by atoms with E-state index in [1.54, 1.807) is 16.8 Å². The van der Waals surface area contributed by atoms with Gasteiger partial charge in [0.15, 0.2) is 5.76 Å². The molecular weight excluding hydrogens is 362 g/mol. The fraction of sp³-hybridized carbons (Fsp3) is 0.579. The van der Waals surface area contributed by atoms with Crippen LogP contribution >= 0.6 is 0 Å². The number of aliphatic hydroxyl groups is 1. The average Bonchev–Trinajstić information content (AvgIpc) is 3.26. The van der Waals surface area contributed by atoms with Crippen molar-refractivity contribution in [1.82, 2.24) is 25.6 Å². The minimum atomic E-state index is -0.677. The third-order valence-corrected chi connectivity index (χ3v) is 5.05. The smallest absolute Gasteiger partial charge is 0.269 e. The van der Waals surface area contributed by atoms with E-state index < -0.39 is 12.1 Å². The van der Waals surface area contributed by atoms with Crippen LogP contribution in [0, 0.1) is 19.8 Å². The van der Waals surface area contributed by atoms with E-state index in [0.29, 0.717) is 37.3 Å². The molecule has 28 heavy (non-hydrogen) atoms. The van der Waals surface area contributed by atoms with E-state index in [4.69, 9.17) is 4.52 Å². The van der Waals surface area contributed by atoms with E-state index in [2.05, 4.69) is 20.9 Å². The zero-order chi connectivity index (χ0) is 20.3. The minimum absolute atomic E-state index is 0.116. The Hall–Kier alpha value is -2.68. The average molecular weight is 389 g/mol. The zero-order valence-corrected chi connectivity index (χ0v) is 16.4. The number of hydrogen-bond acceptors (Lipinski definition) is 6. The van der Waals surface area contributed by atoms with Crippen LogP contribution < -0.4 is 10.6 Å².